The topological polar surface area (TPSA) is 83.5 Å². The van der Waals surface area contributed by atoms with Crippen molar-refractivity contribution in [3.05, 3.63) is 60.1 Å². The molecule has 1 aromatic heterocycles. The highest BCUT2D eigenvalue weighted by Gasteiger charge is 2.49. The first-order chi connectivity index (χ1) is 22.3. The molecule has 0 aliphatic carbocycles. The Morgan fingerprint density at radius 3 is 2.57 bits per heavy atom. The number of fused-ring (bicyclic) bond motifs is 3. The lowest BCUT2D eigenvalue weighted by Crippen LogP contribution is -2.65. The van der Waals surface area contributed by atoms with Gasteiger partial charge in [-0.15, -0.1) is 0 Å². The summed E-state index contributed by atoms with van der Waals surface area (Å²) >= 11 is 0. The number of pyridine rings is 1. The third-order valence-electron chi connectivity index (χ3n) is 9.90. The van der Waals surface area contributed by atoms with Gasteiger partial charge in [0.05, 0.1) is 16.9 Å². The molecule has 4 aliphatic rings. The van der Waals surface area contributed by atoms with Gasteiger partial charge in [-0.2, -0.15) is 13.2 Å². The zero-order chi connectivity index (χ0) is 33.8. The summed E-state index contributed by atoms with van der Waals surface area (Å²) < 4.78 is 56.8. The van der Waals surface area contributed by atoms with Crippen LogP contribution >= 0.6 is 0 Å². The summed E-state index contributed by atoms with van der Waals surface area (Å²) in [5.41, 5.74) is -0.336. The van der Waals surface area contributed by atoms with E-state index in [4.69, 9.17) is 0 Å². The van der Waals surface area contributed by atoms with Crippen molar-refractivity contribution >= 4 is 34.9 Å². The number of anilines is 3. The molecular formula is C33H39F4N7O3. The van der Waals surface area contributed by atoms with E-state index in [1.165, 1.54) is 37.1 Å². The Labute approximate surface area is 271 Å². The summed E-state index contributed by atoms with van der Waals surface area (Å²) in [4.78, 5) is 55.0. The third kappa shape index (κ3) is 6.20. The van der Waals surface area contributed by atoms with Crippen LogP contribution in [-0.2, 0) is 20.6 Å². The number of rotatable bonds is 5. The van der Waals surface area contributed by atoms with Gasteiger partial charge in [0.25, 0.3) is 0 Å². The van der Waals surface area contributed by atoms with Crippen molar-refractivity contribution in [3.8, 4) is 0 Å². The molecule has 10 nitrogen and oxygen atoms in total. The second-order valence-electron chi connectivity index (χ2n) is 13.0. The summed E-state index contributed by atoms with van der Waals surface area (Å²) in [6, 6.07) is 5.27. The van der Waals surface area contributed by atoms with Gasteiger partial charge in [0.1, 0.15) is 17.7 Å². The van der Waals surface area contributed by atoms with Gasteiger partial charge < -0.3 is 14.7 Å². The van der Waals surface area contributed by atoms with Crippen LogP contribution in [0.15, 0.2) is 43.0 Å². The molecule has 0 saturated carbocycles. The number of hydrogen-bond acceptors (Lipinski definition) is 7. The molecule has 5 heterocycles. The van der Waals surface area contributed by atoms with E-state index in [0.717, 1.165) is 36.7 Å². The number of aryl methyl sites for hydroxylation is 1. The number of likely N-dealkylation sites (N-methyl/N-ethyl adjacent to an activating group) is 1. The molecule has 1 aromatic carbocycles. The zero-order valence-corrected chi connectivity index (χ0v) is 26.7. The SMILES string of the molecule is C=CC(=O)N1C[C@H]2CN(CCN3C[C@H]4CC(=O)N(c5cc(C(F)(F)F)cc(C)n5)[C@@H]4C(=O)N(C)c4cccc(F)c43)CCN2C[C@@H]1C. The first-order valence-corrected chi connectivity index (χ1v) is 15.8. The summed E-state index contributed by atoms with van der Waals surface area (Å²) in [7, 11) is 1.49. The number of amides is 3. The molecule has 0 N–H and O–H groups in total. The van der Waals surface area contributed by atoms with E-state index in [1.54, 1.807) is 6.07 Å². The maximum atomic E-state index is 15.6. The molecule has 4 aliphatic heterocycles. The van der Waals surface area contributed by atoms with E-state index in [-0.39, 0.29) is 48.2 Å². The Morgan fingerprint density at radius 1 is 1.09 bits per heavy atom. The van der Waals surface area contributed by atoms with E-state index in [9.17, 15) is 27.6 Å². The van der Waals surface area contributed by atoms with Crippen molar-refractivity contribution in [2.45, 2.75) is 44.6 Å². The fourth-order valence-corrected chi connectivity index (χ4v) is 7.57. The van der Waals surface area contributed by atoms with Crippen LogP contribution in [-0.4, -0.2) is 115 Å². The summed E-state index contributed by atoms with van der Waals surface area (Å²) in [5, 5.41) is 0. The van der Waals surface area contributed by atoms with Crippen molar-refractivity contribution in [2.24, 2.45) is 5.92 Å². The predicted molar refractivity (Wildman–Crippen MR) is 169 cm³/mol. The van der Waals surface area contributed by atoms with E-state index < -0.39 is 41.3 Å². The van der Waals surface area contributed by atoms with E-state index in [0.29, 0.717) is 31.9 Å². The van der Waals surface area contributed by atoms with Crippen molar-refractivity contribution < 1.29 is 31.9 Å². The highest BCUT2D eigenvalue weighted by atomic mass is 19.4. The largest absolute Gasteiger partial charge is 0.416 e. The van der Waals surface area contributed by atoms with Gasteiger partial charge >= 0.3 is 6.18 Å². The fraction of sp³-hybridized carbons (Fsp3) is 0.515. The number of hydrogen-bond donors (Lipinski definition) is 0. The maximum Gasteiger partial charge on any atom is 0.416 e. The number of alkyl halides is 3. The number of piperazine rings is 2. The Kier molecular flexibility index (Phi) is 8.77. The van der Waals surface area contributed by atoms with E-state index in [2.05, 4.69) is 21.4 Å². The van der Waals surface area contributed by atoms with Gasteiger partial charge in [-0.3, -0.25) is 29.1 Å². The first-order valence-electron chi connectivity index (χ1n) is 15.8. The average molecular weight is 658 g/mol. The molecule has 14 heteroatoms. The molecule has 3 fully saturated rings. The van der Waals surface area contributed by atoms with Gasteiger partial charge in [0, 0.05) is 89.5 Å². The van der Waals surface area contributed by atoms with Gasteiger partial charge in [-0.05, 0) is 44.2 Å². The van der Waals surface area contributed by atoms with Crippen LogP contribution in [0.1, 0.15) is 24.6 Å². The van der Waals surface area contributed by atoms with Crippen LogP contribution in [0.2, 0.25) is 0 Å². The summed E-state index contributed by atoms with van der Waals surface area (Å²) in [6.07, 6.45) is -3.43. The van der Waals surface area contributed by atoms with Gasteiger partial charge in [0.2, 0.25) is 17.7 Å². The maximum absolute atomic E-state index is 15.6. The molecule has 3 saturated heterocycles. The molecule has 4 atom stereocenters. The van der Waals surface area contributed by atoms with E-state index in [1.807, 2.05) is 16.7 Å². The summed E-state index contributed by atoms with van der Waals surface area (Å²) in [5.74, 6) is -2.50. The second-order valence-corrected chi connectivity index (χ2v) is 13.0. The Bertz CT molecular complexity index is 1590. The van der Waals surface area contributed by atoms with Crippen LogP contribution in [0, 0.1) is 18.7 Å². The highest BCUT2D eigenvalue weighted by Crippen LogP contribution is 2.41. The third-order valence-corrected chi connectivity index (χ3v) is 9.90. The molecule has 0 bridgehead atoms. The monoisotopic (exact) mass is 657 g/mol. The van der Waals surface area contributed by atoms with Crippen molar-refractivity contribution in [2.75, 3.05) is 74.1 Å². The molecule has 0 unspecified atom stereocenters. The normalized spacial score (nSPS) is 25.7. The number of halogens is 4. The molecular weight excluding hydrogens is 618 g/mol. The van der Waals surface area contributed by atoms with Crippen LogP contribution in [0.4, 0.5) is 34.8 Å². The Hall–Kier alpha value is -4.04. The molecule has 3 amide bonds. The number of nitrogens with zero attached hydrogens (tertiary/aromatic N) is 7. The number of carbonyl (C=O) groups excluding carboxylic acids is 3. The number of aromatic nitrogens is 1. The predicted octanol–water partition coefficient (Wildman–Crippen LogP) is 3.16. The summed E-state index contributed by atoms with van der Waals surface area (Å²) in [6.45, 7) is 11.8. The minimum atomic E-state index is -4.67. The quantitative estimate of drug-likeness (QED) is 0.361. The lowest BCUT2D eigenvalue weighted by Gasteiger charge is -2.50. The molecule has 6 rings (SSSR count). The lowest BCUT2D eigenvalue weighted by atomic mass is 9.95. The van der Waals surface area contributed by atoms with Crippen LogP contribution in [0.3, 0.4) is 0 Å². The first kappa shape index (κ1) is 32.9. The minimum Gasteiger partial charge on any atom is -0.366 e. The average Bonchev–Trinajstić information content (AvgIpc) is 3.35. The minimum absolute atomic E-state index is 0.0660. The molecule has 252 valence electrons. The van der Waals surface area contributed by atoms with E-state index >= 15 is 4.39 Å². The highest BCUT2D eigenvalue weighted by molar-refractivity contribution is 6.10. The van der Waals surface area contributed by atoms with Crippen molar-refractivity contribution in [1.29, 1.82) is 0 Å². The van der Waals surface area contributed by atoms with Crippen LogP contribution in [0.5, 0.6) is 0 Å². The molecule has 47 heavy (non-hydrogen) atoms. The number of carbonyl (C=O) groups is 3. The van der Waals surface area contributed by atoms with Gasteiger partial charge in [0.15, 0.2) is 0 Å². The molecule has 2 aromatic rings. The second kappa shape index (κ2) is 12.5. The smallest absolute Gasteiger partial charge is 0.366 e. The van der Waals surface area contributed by atoms with Gasteiger partial charge in [-0.25, -0.2) is 9.37 Å². The lowest BCUT2D eigenvalue weighted by molar-refractivity contribution is -0.137. The Morgan fingerprint density at radius 2 is 1.85 bits per heavy atom. The fourth-order valence-electron chi connectivity index (χ4n) is 7.57. The molecule has 0 spiro atoms. The molecule has 0 radical (unpaired) electrons. The number of para-hydroxylation sites is 1. The van der Waals surface area contributed by atoms with Crippen molar-refractivity contribution in [3.63, 3.8) is 0 Å². The number of benzene rings is 1. The zero-order valence-electron chi connectivity index (χ0n) is 26.7. The van der Waals surface area contributed by atoms with Gasteiger partial charge in [-0.1, -0.05) is 12.6 Å². The van der Waals surface area contributed by atoms with Crippen molar-refractivity contribution in [1.82, 2.24) is 19.7 Å². The standard InChI is InChI=1S/C33H39F4N7O3/c1-5-28(45)43-19-24-18-40(9-11-41(24)16-21(43)3)10-12-42-17-22-14-29(46)44(27-15-23(33(35,36)37)13-20(2)38-27)30(22)32(47)39(4)26-8-6-7-25(34)31(26)42/h5-8,13,15,21-22,24,30H,1,9-12,14,16-19H2,2-4H3/t21-,22+,24+,30-/m0/s1. The Balaban J connectivity index is 1.27. The van der Waals surface area contributed by atoms with Crippen LogP contribution in [0.25, 0.3) is 0 Å². The van der Waals surface area contributed by atoms with Crippen LogP contribution < -0.4 is 14.7 Å².